The standard InChI is InChI=1S/C34H48O3S/c1-3-4-5-6-25-7-8-32-20-31(18-17-30(32)19-25)28-13-9-26(10-14-28)27-11-15-29(16-12-27)33(21-35)22-37-34(36)24(2)23-38/h7-8,17-20,26-29,33,35,38H,2-6,9-16,21-23H2,1H3. The highest BCUT2D eigenvalue weighted by Crippen LogP contribution is 2.45. The Kier molecular flexibility index (Phi) is 11.2. The summed E-state index contributed by atoms with van der Waals surface area (Å²) in [6, 6.07) is 14.3. The van der Waals surface area contributed by atoms with Crippen molar-refractivity contribution in [1.82, 2.24) is 0 Å². The molecule has 2 aliphatic rings. The van der Waals surface area contributed by atoms with Gasteiger partial charge in [0, 0.05) is 23.9 Å². The highest BCUT2D eigenvalue weighted by molar-refractivity contribution is 7.80. The molecule has 0 aliphatic heterocycles. The number of esters is 1. The van der Waals surface area contributed by atoms with Gasteiger partial charge in [0.15, 0.2) is 0 Å². The molecular weight excluding hydrogens is 488 g/mol. The number of hydrogen-bond acceptors (Lipinski definition) is 4. The Morgan fingerprint density at radius 3 is 2.29 bits per heavy atom. The second-order valence-electron chi connectivity index (χ2n) is 12.0. The molecule has 0 aromatic heterocycles. The minimum atomic E-state index is -0.387. The zero-order chi connectivity index (χ0) is 26.9. The summed E-state index contributed by atoms with van der Waals surface area (Å²) in [7, 11) is 0. The average Bonchev–Trinajstić information content (AvgIpc) is 2.97. The molecule has 3 nitrogen and oxygen atoms in total. The van der Waals surface area contributed by atoms with Crippen LogP contribution in [0.25, 0.3) is 10.8 Å². The Labute approximate surface area is 235 Å². The van der Waals surface area contributed by atoms with Crippen molar-refractivity contribution in [2.75, 3.05) is 19.0 Å². The number of aryl methyl sites for hydroxylation is 1. The van der Waals surface area contributed by atoms with E-state index in [1.165, 1.54) is 86.1 Å². The van der Waals surface area contributed by atoms with Crippen LogP contribution in [0, 0.1) is 23.7 Å². The van der Waals surface area contributed by atoms with Gasteiger partial charge in [-0.3, -0.25) is 0 Å². The molecule has 38 heavy (non-hydrogen) atoms. The van der Waals surface area contributed by atoms with Crippen LogP contribution in [0.3, 0.4) is 0 Å². The molecule has 1 atom stereocenters. The van der Waals surface area contributed by atoms with E-state index in [1.54, 1.807) is 0 Å². The molecule has 2 saturated carbocycles. The summed E-state index contributed by atoms with van der Waals surface area (Å²) < 4.78 is 5.40. The summed E-state index contributed by atoms with van der Waals surface area (Å²) in [6.45, 7) is 6.32. The maximum Gasteiger partial charge on any atom is 0.334 e. The van der Waals surface area contributed by atoms with E-state index in [-0.39, 0.29) is 25.1 Å². The molecule has 1 unspecified atom stereocenters. The minimum absolute atomic E-state index is 0.0312. The van der Waals surface area contributed by atoms with Gasteiger partial charge < -0.3 is 9.84 Å². The van der Waals surface area contributed by atoms with Gasteiger partial charge >= 0.3 is 5.97 Å². The lowest BCUT2D eigenvalue weighted by Gasteiger charge is -2.39. The SMILES string of the molecule is C=C(CS)C(=O)OCC(CO)C1CCC(C2CCC(c3ccc4cc(CCCCC)ccc4c3)CC2)CC1. The van der Waals surface area contributed by atoms with E-state index in [1.807, 2.05) is 0 Å². The number of aliphatic hydroxyl groups excluding tert-OH is 1. The van der Waals surface area contributed by atoms with E-state index in [0.29, 0.717) is 23.2 Å². The molecule has 4 rings (SSSR count). The number of benzene rings is 2. The molecule has 1 N–H and O–H groups in total. The van der Waals surface area contributed by atoms with E-state index in [2.05, 4.69) is 62.5 Å². The number of thiol groups is 1. The lowest BCUT2D eigenvalue weighted by atomic mass is 9.67. The maximum absolute atomic E-state index is 11.9. The Balaban J connectivity index is 1.24. The second-order valence-corrected chi connectivity index (χ2v) is 12.3. The van der Waals surface area contributed by atoms with Gasteiger partial charge in [0.1, 0.15) is 0 Å². The summed E-state index contributed by atoms with van der Waals surface area (Å²) in [6.07, 6.45) is 15.1. The lowest BCUT2D eigenvalue weighted by molar-refractivity contribution is -0.141. The van der Waals surface area contributed by atoms with Gasteiger partial charge in [-0.2, -0.15) is 12.6 Å². The first kappa shape index (κ1) is 29.2. The first-order valence-electron chi connectivity index (χ1n) is 15.1. The summed E-state index contributed by atoms with van der Waals surface area (Å²) >= 11 is 4.09. The Hall–Kier alpha value is -1.78. The predicted molar refractivity (Wildman–Crippen MR) is 162 cm³/mol. The number of aliphatic hydroxyl groups is 1. The van der Waals surface area contributed by atoms with E-state index in [0.717, 1.165) is 24.7 Å². The highest BCUT2D eigenvalue weighted by Gasteiger charge is 2.34. The van der Waals surface area contributed by atoms with Crippen molar-refractivity contribution in [3.8, 4) is 0 Å². The monoisotopic (exact) mass is 536 g/mol. The van der Waals surface area contributed by atoms with Crippen LogP contribution in [-0.2, 0) is 16.0 Å². The van der Waals surface area contributed by atoms with Crippen LogP contribution >= 0.6 is 12.6 Å². The minimum Gasteiger partial charge on any atom is -0.462 e. The molecule has 0 radical (unpaired) electrons. The van der Waals surface area contributed by atoms with Crippen molar-refractivity contribution in [2.24, 2.45) is 23.7 Å². The summed E-state index contributed by atoms with van der Waals surface area (Å²) in [5, 5.41) is 12.7. The van der Waals surface area contributed by atoms with Gasteiger partial charge in [0.25, 0.3) is 0 Å². The van der Waals surface area contributed by atoms with Crippen LogP contribution in [0.4, 0.5) is 0 Å². The summed E-state index contributed by atoms with van der Waals surface area (Å²) in [4.78, 5) is 11.9. The molecular formula is C34H48O3S. The molecule has 0 heterocycles. The molecule has 208 valence electrons. The van der Waals surface area contributed by atoms with Gasteiger partial charge in [0.2, 0.25) is 0 Å². The number of ether oxygens (including phenoxy) is 1. The molecule has 0 bridgehead atoms. The van der Waals surface area contributed by atoms with Crippen molar-refractivity contribution in [1.29, 1.82) is 0 Å². The van der Waals surface area contributed by atoms with E-state index in [9.17, 15) is 9.90 Å². The molecule has 4 heteroatoms. The lowest BCUT2D eigenvalue weighted by Crippen LogP contribution is -2.31. The van der Waals surface area contributed by atoms with Gasteiger partial charge in [0.05, 0.1) is 6.61 Å². The van der Waals surface area contributed by atoms with E-state index in [4.69, 9.17) is 4.74 Å². The van der Waals surface area contributed by atoms with E-state index < -0.39 is 0 Å². The number of carbonyl (C=O) groups is 1. The summed E-state index contributed by atoms with van der Waals surface area (Å²) in [5.41, 5.74) is 3.37. The van der Waals surface area contributed by atoms with Crippen molar-refractivity contribution in [2.45, 2.75) is 89.9 Å². The molecule has 0 amide bonds. The van der Waals surface area contributed by atoms with Crippen molar-refractivity contribution in [3.63, 3.8) is 0 Å². The van der Waals surface area contributed by atoms with Gasteiger partial charge in [-0.1, -0.05) is 62.7 Å². The van der Waals surface area contributed by atoms with E-state index >= 15 is 0 Å². The van der Waals surface area contributed by atoms with Crippen molar-refractivity contribution >= 4 is 29.4 Å². The number of carbonyl (C=O) groups excluding carboxylic acids is 1. The van der Waals surface area contributed by atoms with Crippen LogP contribution in [0.2, 0.25) is 0 Å². The quantitative estimate of drug-likeness (QED) is 0.124. The Bertz CT molecular complexity index is 1050. The maximum atomic E-state index is 11.9. The smallest absolute Gasteiger partial charge is 0.334 e. The van der Waals surface area contributed by atoms with Crippen molar-refractivity contribution < 1.29 is 14.6 Å². The largest absolute Gasteiger partial charge is 0.462 e. The fourth-order valence-corrected chi connectivity index (χ4v) is 7.13. The first-order chi connectivity index (χ1) is 18.5. The number of unbranched alkanes of at least 4 members (excludes halogenated alkanes) is 2. The fraction of sp³-hybridized carbons (Fsp3) is 0.618. The third kappa shape index (κ3) is 7.66. The van der Waals surface area contributed by atoms with Crippen molar-refractivity contribution in [3.05, 3.63) is 59.7 Å². The van der Waals surface area contributed by atoms with Crippen LogP contribution < -0.4 is 0 Å². The number of hydrogen-bond donors (Lipinski definition) is 2. The molecule has 2 fully saturated rings. The zero-order valence-corrected chi connectivity index (χ0v) is 24.3. The second kappa shape index (κ2) is 14.6. The van der Waals surface area contributed by atoms with Crippen LogP contribution in [0.1, 0.15) is 94.6 Å². The topological polar surface area (TPSA) is 46.5 Å². The molecule has 2 aromatic carbocycles. The van der Waals surface area contributed by atoms with Gasteiger partial charge in [-0.25, -0.2) is 4.79 Å². The zero-order valence-electron chi connectivity index (χ0n) is 23.4. The Morgan fingerprint density at radius 2 is 1.63 bits per heavy atom. The highest BCUT2D eigenvalue weighted by atomic mass is 32.1. The van der Waals surface area contributed by atoms with Gasteiger partial charge in [-0.15, -0.1) is 0 Å². The fourth-order valence-electron chi connectivity index (χ4n) is 7.00. The molecule has 0 saturated heterocycles. The predicted octanol–water partition coefficient (Wildman–Crippen LogP) is 8.29. The number of rotatable bonds is 12. The first-order valence-corrected chi connectivity index (χ1v) is 15.7. The number of fused-ring (bicyclic) bond motifs is 1. The molecule has 0 spiro atoms. The third-order valence-corrected chi connectivity index (χ3v) is 9.92. The normalized spacial score (nSPS) is 24.7. The molecule has 2 aromatic rings. The van der Waals surface area contributed by atoms with Crippen LogP contribution in [0.5, 0.6) is 0 Å². The van der Waals surface area contributed by atoms with Crippen LogP contribution in [0.15, 0.2) is 48.6 Å². The summed E-state index contributed by atoms with van der Waals surface area (Å²) in [5.74, 6) is 2.72. The average molecular weight is 537 g/mol. The van der Waals surface area contributed by atoms with Gasteiger partial charge in [-0.05, 0) is 110 Å². The van der Waals surface area contributed by atoms with Crippen LogP contribution in [-0.4, -0.2) is 30.0 Å². The molecule has 2 aliphatic carbocycles. The Morgan fingerprint density at radius 1 is 0.974 bits per heavy atom. The third-order valence-electron chi connectivity index (χ3n) is 9.53.